The quantitative estimate of drug-likeness (QED) is 0.912. The number of carboxylic acid groups (broad SMARTS) is 1. The molecule has 1 N–H and O–H groups in total. The summed E-state index contributed by atoms with van der Waals surface area (Å²) < 4.78 is 5.17. The van der Waals surface area contributed by atoms with Gasteiger partial charge in [0.15, 0.2) is 5.82 Å². The maximum atomic E-state index is 10.8. The molecular weight excluding hydrogens is 258 g/mol. The van der Waals surface area contributed by atoms with E-state index in [0.29, 0.717) is 13.1 Å². The lowest BCUT2D eigenvalue weighted by molar-refractivity contribution is -0.142. The van der Waals surface area contributed by atoms with Crippen LogP contribution in [-0.4, -0.2) is 41.2 Å². The third-order valence-corrected chi connectivity index (χ3v) is 3.55. The van der Waals surface area contributed by atoms with Crippen LogP contribution in [-0.2, 0) is 4.79 Å². The fourth-order valence-electron chi connectivity index (χ4n) is 2.35. The molecule has 3 rings (SSSR count). The summed E-state index contributed by atoms with van der Waals surface area (Å²) in [5.41, 5.74) is 2.36. The Balaban J connectivity index is 1.93. The van der Waals surface area contributed by atoms with E-state index in [-0.39, 0.29) is 5.92 Å². The van der Waals surface area contributed by atoms with Gasteiger partial charge in [-0.1, -0.05) is 0 Å². The highest BCUT2D eigenvalue weighted by Gasteiger charge is 2.34. The van der Waals surface area contributed by atoms with Crippen LogP contribution < -0.4 is 9.64 Å². The molecule has 1 aliphatic rings. The summed E-state index contributed by atoms with van der Waals surface area (Å²) in [6, 6.07) is 5.54. The number of nitrogens with zero attached hydrogens (tertiary/aromatic N) is 3. The third kappa shape index (κ3) is 2.03. The maximum Gasteiger partial charge on any atom is 0.310 e. The fourth-order valence-corrected chi connectivity index (χ4v) is 2.35. The number of aromatic nitrogens is 2. The molecule has 0 saturated carbocycles. The minimum absolute atomic E-state index is 0.303. The molecule has 1 aromatic carbocycles. The van der Waals surface area contributed by atoms with Crippen LogP contribution in [0.25, 0.3) is 11.0 Å². The molecule has 6 nitrogen and oxygen atoms in total. The van der Waals surface area contributed by atoms with Gasteiger partial charge in [0.2, 0.25) is 0 Å². The number of ether oxygens (including phenoxy) is 1. The Hall–Kier alpha value is -2.37. The number of rotatable bonds is 3. The van der Waals surface area contributed by atoms with Crippen LogP contribution in [0.15, 0.2) is 18.2 Å². The molecule has 2 aromatic rings. The van der Waals surface area contributed by atoms with Gasteiger partial charge in [0.1, 0.15) is 5.75 Å². The van der Waals surface area contributed by atoms with Crippen molar-refractivity contribution in [3.63, 3.8) is 0 Å². The zero-order chi connectivity index (χ0) is 14.3. The van der Waals surface area contributed by atoms with Crippen LogP contribution in [0.4, 0.5) is 5.82 Å². The topological polar surface area (TPSA) is 75.5 Å². The van der Waals surface area contributed by atoms with Crippen molar-refractivity contribution in [1.29, 1.82) is 0 Å². The van der Waals surface area contributed by atoms with Crippen LogP contribution >= 0.6 is 0 Å². The third-order valence-electron chi connectivity index (χ3n) is 3.55. The molecule has 0 radical (unpaired) electrons. The van der Waals surface area contributed by atoms with Crippen LogP contribution in [0.1, 0.15) is 5.69 Å². The molecule has 1 aliphatic heterocycles. The van der Waals surface area contributed by atoms with Gasteiger partial charge >= 0.3 is 5.97 Å². The van der Waals surface area contributed by atoms with Crippen LogP contribution in [0.3, 0.4) is 0 Å². The summed E-state index contributed by atoms with van der Waals surface area (Å²) >= 11 is 0. The monoisotopic (exact) mass is 273 g/mol. The average Bonchev–Trinajstić information content (AvgIpc) is 2.36. The van der Waals surface area contributed by atoms with Crippen molar-refractivity contribution < 1.29 is 14.6 Å². The van der Waals surface area contributed by atoms with Gasteiger partial charge in [-0.3, -0.25) is 4.79 Å². The van der Waals surface area contributed by atoms with Gasteiger partial charge in [0.25, 0.3) is 0 Å². The number of anilines is 1. The van der Waals surface area contributed by atoms with E-state index in [9.17, 15) is 4.79 Å². The van der Waals surface area contributed by atoms with Crippen molar-refractivity contribution in [3.8, 4) is 5.75 Å². The van der Waals surface area contributed by atoms with Gasteiger partial charge in [0, 0.05) is 19.2 Å². The normalized spacial score (nSPS) is 15.2. The highest BCUT2D eigenvalue weighted by atomic mass is 16.5. The maximum absolute atomic E-state index is 10.8. The molecule has 6 heteroatoms. The number of aliphatic carboxylic acids is 1. The van der Waals surface area contributed by atoms with E-state index in [0.717, 1.165) is 28.3 Å². The highest BCUT2D eigenvalue weighted by molar-refractivity contribution is 5.79. The first-order valence-corrected chi connectivity index (χ1v) is 6.38. The number of hydrogen-bond acceptors (Lipinski definition) is 5. The lowest BCUT2D eigenvalue weighted by Crippen LogP contribution is -2.51. The summed E-state index contributed by atoms with van der Waals surface area (Å²) in [6.07, 6.45) is 0. The fraction of sp³-hybridized carbons (Fsp3) is 0.357. The first kappa shape index (κ1) is 12.7. The number of methoxy groups -OCH3 is 1. The van der Waals surface area contributed by atoms with Crippen molar-refractivity contribution in [1.82, 2.24) is 9.97 Å². The second-order valence-corrected chi connectivity index (χ2v) is 4.93. The molecule has 0 aliphatic carbocycles. The summed E-state index contributed by atoms with van der Waals surface area (Å²) in [7, 11) is 1.61. The van der Waals surface area contributed by atoms with E-state index in [1.807, 2.05) is 30.0 Å². The zero-order valence-corrected chi connectivity index (χ0v) is 11.3. The van der Waals surface area contributed by atoms with Gasteiger partial charge in [-0.25, -0.2) is 9.97 Å². The Bertz CT molecular complexity index is 681. The number of carboxylic acids is 1. The first-order valence-electron chi connectivity index (χ1n) is 6.38. The summed E-state index contributed by atoms with van der Waals surface area (Å²) in [5.74, 6) is 0.453. The smallest absolute Gasteiger partial charge is 0.310 e. The van der Waals surface area contributed by atoms with E-state index in [2.05, 4.69) is 9.97 Å². The number of hydrogen-bond donors (Lipinski definition) is 1. The second kappa shape index (κ2) is 4.63. The van der Waals surface area contributed by atoms with E-state index in [1.165, 1.54) is 0 Å². The number of fused-ring (bicyclic) bond motifs is 1. The van der Waals surface area contributed by atoms with Crippen molar-refractivity contribution in [2.45, 2.75) is 6.92 Å². The average molecular weight is 273 g/mol. The summed E-state index contributed by atoms with van der Waals surface area (Å²) in [6.45, 7) is 2.87. The predicted molar refractivity (Wildman–Crippen MR) is 74.2 cm³/mol. The molecule has 0 spiro atoms. The minimum Gasteiger partial charge on any atom is -0.497 e. The predicted octanol–water partition coefficient (Wildman–Crippen LogP) is 1.47. The van der Waals surface area contributed by atoms with Crippen molar-refractivity contribution in [2.75, 3.05) is 25.1 Å². The first-order chi connectivity index (χ1) is 9.58. The largest absolute Gasteiger partial charge is 0.497 e. The zero-order valence-electron chi connectivity index (χ0n) is 11.3. The van der Waals surface area contributed by atoms with Gasteiger partial charge in [0.05, 0.1) is 29.8 Å². The van der Waals surface area contributed by atoms with Crippen LogP contribution in [0.5, 0.6) is 5.75 Å². The van der Waals surface area contributed by atoms with Gasteiger partial charge in [-0.05, 0) is 19.1 Å². The molecule has 20 heavy (non-hydrogen) atoms. The molecule has 0 bridgehead atoms. The van der Waals surface area contributed by atoms with E-state index < -0.39 is 5.97 Å². The molecular formula is C14H15N3O3. The Labute approximate surface area is 116 Å². The molecule has 0 amide bonds. The minimum atomic E-state index is -0.752. The molecule has 1 fully saturated rings. The molecule has 1 aromatic heterocycles. The second-order valence-electron chi connectivity index (χ2n) is 4.93. The van der Waals surface area contributed by atoms with E-state index in [1.54, 1.807) is 7.11 Å². The lowest BCUT2D eigenvalue weighted by Gasteiger charge is -2.38. The van der Waals surface area contributed by atoms with Crippen molar-refractivity contribution >= 4 is 22.8 Å². The molecule has 2 heterocycles. The molecule has 1 saturated heterocycles. The SMILES string of the molecule is COc1ccc2nc(N3CC(C(=O)O)C3)c(C)nc2c1. The molecule has 0 atom stereocenters. The number of aryl methyl sites for hydroxylation is 1. The summed E-state index contributed by atoms with van der Waals surface area (Å²) in [4.78, 5) is 21.9. The van der Waals surface area contributed by atoms with Crippen LogP contribution in [0, 0.1) is 12.8 Å². The van der Waals surface area contributed by atoms with Gasteiger partial charge in [-0.2, -0.15) is 0 Å². The standard InChI is InChI=1S/C14H15N3O3/c1-8-13(17-6-9(7-17)14(18)19)16-11-4-3-10(20-2)5-12(11)15-8/h3-5,9H,6-7H2,1-2H3,(H,18,19). The van der Waals surface area contributed by atoms with Crippen LogP contribution in [0.2, 0.25) is 0 Å². The van der Waals surface area contributed by atoms with Gasteiger partial charge < -0.3 is 14.7 Å². The molecule has 0 unspecified atom stereocenters. The number of carbonyl (C=O) groups is 1. The van der Waals surface area contributed by atoms with Gasteiger partial charge in [-0.15, -0.1) is 0 Å². The summed E-state index contributed by atoms with van der Waals surface area (Å²) in [5, 5.41) is 8.92. The number of benzene rings is 1. The van der Waals surface area contributed by atoms with E-state index >= 15 is 0 Å². The van der Waals surface area contributed by atoms with Crippen molar-refractivity contribution in [2.24, 2.45) is 5.92 Å². The van der Waals surface area contributed by atoms with E-state index in [4.69, 9.17) is 9.84 Å². The Morgan fingerprint density at radius 1 is 1.35 bits per heavy atom. The Morgan fingerprint density at radius 2 is 2.10 bits per heavy atom. The Morgan fingerprint density at radius 3 is 2.75 bits per heavy atom. The van der Waals surface area contributed by atoms with Crippen molar-refractivity contribution in [3.05, 3.63) is 23.9 Å². The molecule has 104 valence electrons. The highest BCUT2D eigenvalue weighted by Crippen LogP contribution is 2.28. The Kier molecular flexibility index (Phi) is 2.93. The lowest BCUT2D eigenvalue weighted by atomic mass is 10.0.